The number of ether oxygens (including phenoxy) is 1. The molecule has 0 saturated heterocycles. The van der Waals surface area contributed by atoms with E-state index in [1.54, 1.807) is 12.3 Å². The number of nitrogens with zero attached hydrogens (tertiary/aromatic N) is 1. The Labute approximate surface area is 68.7 Å². The molecule has 2 aromatic heterocycles. The third-order valence-corrected chi connectivity index (χ3v) is 1.32. The van der Waals surface area contributed by atoms with Crippen LogP contribution in [0.2, 0.25) is 0 Å². The SMILES string of the molecule is [c]1nocc1OCc1ccco1. The monoisotopic (exact) mass is 164 g/mol. The van der Waals surface area contributed by atoms with Crippen molar-refractivity contribution in [2.24, 2.45) is 0 Å². The number of rotatable bonds is 3. The van der Waals surface area contributed by atoms with E-state index in [2.05, 4.69) is 15.9 Å². The molecular weight excluding hydrogens is 158 g/mol. The zero-order valence-electron chi connectivity index (χ0n) is 6.19. The first-order chi connectivity index (χ1) is 5.95. The molecular formula is C8H6NO3. The zero-order valence-corrected chi connectivity index (χ0v) is 6.19. The first-order valence-electron chi connectivity index (χ1n) is 3.42. The van der Waals surface area contributed by atoms with Gasteiger partial charge in [-0.15, -0.1) is 0 Å². The highest BCUT2D eigenvalue weighted by molar-refractivity contribution is 5.07. The van der Waals surface area contributed by atoms with Crippen molar-refractivity contribution < 1.29 is 13.7 Å². The average molecular weight is 164 g/mol. The molecule has 0 atom stereocenters. The lowest BCUT2D eigenvalue weighted by Gasteiger charge is -1.96. The lowest BCUT2D eigenvalue weighted by molar-refractivity contribution is 0.267. The van der Waals surface area contributed by atoms with E-state index in [-0.39, 0.29) is 0 Å². The maximum absolute atomic E-state index is 5.18. The second-order valence-corrected chi connectivity index (χ2v) is 2.16. The Morgan fingerprint density at radius 2 is 2.58 bits per heavy atom. The van der Waals surface area contributed by atoms with Gasteiger partial charge in [-0.1, -0.05) is 5.16 Å². The normalized spacial score (nSPS) is 10.0. The van der Waals surface area contributed by atoms with Crippen LogP contribution in [-0.4, -0.2) is 5.16 Å². The van der Waals surface area contributed by atoms with Crippen LogP contribution in [0, 0.1) is 6.20 Å². The third-order valence-electron chi connectivity index (χ3n) is 1.32. The summed E-state index contributed by atoms with van der Waals surface area (Å²) in [5.74, 6) is 1.23. The van der Waals surface area contributed by atoms with Gasteiger partial charge in [0, 0.05) is 0 Å². The van der Waals surface area contributed by atoms with Gasteiger partial charge in [-0.2, -0.15) is 0 Å². The maximum atomic E-state index is 5.18. The smallest absolute Gasteiger partial charge is 0.189 e. The van der Waals surface area contributed by atoms with Crippen molar-refractivity contribution in [1.82, 2.24) is 5.16 Å². The molecule has 2 heterocycles. The van der Waals surface area contributed by atoms with Crippen LogP contribution in [0.25, 0.3) is 0 Å². The highest BCUT2D eigenvalue weighted by Gasteiger charge is 1.99. The standard InChI is InChI=1S/C8H6NO3/c1-2-7(10-3-1)5-11-8-4-9-12-6-8/h1-3,6H,5H2. The van der Waals surface area contributed by atoms with Gasteiger partial charge in [0.15, 0.2) is 18.2 Å². The molecule has 4 nitrogen and oxygen atoms in total. The Balaban J connectivity index is 1.91. The van der Waals surface area contributed by atoms with E-state index in [9.17, 15) is 0 Å². The summed E-state index contributed by atoms with van der Waals surface area (Å²) in [6, 6.07) is 3.63. The van der Waals surface area contributed by atoms with Gasteiger partial charge >= 0.3 is 0 Å². The topological polar surface area (TPSA) is 48.4 Å². The van der Waals surface area contributed by atoms with Gasteiger partial charge in [0.2, 0.25) is 0 Å². The van der Waals surface area contributed by atoms with Crippen LogP contribution in [0.1, 0.15) is 5.76 Å². The Kier molecular flexibility index (Phi) is 1.82. The van der Waals surface area contributed by atoms with Gasteiger partial charge in [-0.3, -0.25) is 0 Å². The minimum Gasteiger partial charge on any atom is -0.480 e. The Hall–Kier alpha value is -1.71. The van der Waals surface area contributed by atoms with Crippen molar-refractivity contribution in [3.8, 4) is 5.75 Å². The van der Waals surface area contributed by atoms with E-state index >= 15 is 0 Å². The summed E-state index contributed by atoms with van der Waals surface area (Å²) in [6.45, 7) is 0.366. The molecule has 0 fully saturated rings. The summed E-state index contributed by atoms with van der Waals surface area (Å²) < 4.78 is 14.7. The van der Waals surface area contributed by atoms with E-state index in [1.165, 1.54) is 6.26 Å². The maximum Gasteiger partial charge on any atom is 0.189 e. The second kappa shape index (κ2) is 3.13. The molecule has 0 saturated carbocycles. The van der Waals surface area contributed by atoms with E-state index in [4.69, 9.17) is 9.15 Å². The number of aromatic nitrogens is 1. The van der Waals surface area contributed by atoms with Gasteiger partial charge < -0.3 is 13.7 Å². The zero-order chi connectivity index (χ0) is 8.23. The van der Waals surface area contributed by atoms with Crippen LogP contribution in [0.5, 0.6) is 5.75 Å². The number of furan rings is 1. The van der Waals surface area contributed by atoms with E-state index in [1.807, 2.05) is 6.07 Å². The first kappa shape index (κ1) is 6.97. The van der Waals surface area contributed by atoms with E-state index in [0.717, 1.165) is 5.76 Å². The largest absolute Gasteiger partial charge is 0.480 e. The van der Waals surface area contributed by atoms with Crippen LogP contribution < -0.4 is 4.74 Å². The van der Waals surface area contributed by atoms with Crippen molar-refractivity contribution in [3.05, 3.63) is 36.6 Å². The van der Waals surface area contributed by atoms with Gasteiger partial charge in [0.25, 0.3) is 0 Å². The molecule has 4 heteroatoms. The van der Waals surface area contributed by atoms with E-state index < -0.39 is 0 Å². The molecule has 0 aliphatic carbocycles. The predicted octanol–water partition coefficient (Wildman–Crippen LogP) is 1.65. The molecule has 0 aliphatic rings. The predicted molar refractivity (Wildman–Crippen MR) is 38.4 cm³/mol. The van der Waals surface area contributed by atoms with Gasteiger partial charge in [-0.05, 0) is 12.1 Å². The average Bonchev–Trinajstić information content (AvgIpc) is 2.74. The van der Waals surface area contributed by atoms with Crippen LogP contribution in [0.4, 0.5) is 0 Å². The molecule has 0 amide bonds. The van der Waals surface area contributed by atoms with Crippen LogP contribution in [0.15, 0.2) is 33.6 Å². The summed E-state index contributed by atoms with van der Waals surface area (Å²) in [6.07, 6.45) is 5.49. The lowest BCUT2D eigenvalue weighted by Crippen LogP contribution is -1.91. The molecule has 0 bridgehead atoms. The number of hydrogen-bond donors (Lipinski definition) is 0. The summed E-state index contributed by atoms with van der Waals surface area (Å²) in [5, 5.41) is 3.37. The molecule has 2 aromatic rings. The van der Waals surface area contributed by atoms with Crippen LogP contribution in [0.3, 0.4) is 0 Å². The van der Waals surface area contributed by atoms with Gasteiger partial charge in [0.1, 0.15) is 12.4 Å². The molecule has 61 valence electrons. The molecule has 0 spiro atoms. The fourth-order valence-corrected chi connectivity index (χ4v) is 0.782. The summed E-state index contributed by atoms with van der Waals surface area (Å²) >= 11 is 0. The number of hydrogen-bond acceptors (Lipinski definition) is 4. The summed E-state index contributed by atoms with van der Waals surface area (Å²) in [7, 11) is 0. The minimum atomic E-state index is 0.366. The molecule has 0 aromatic carbocycles. The fraction of sp³-hybridized carbons (Fsp3) is 0.125. The second-order valence-electron chi connectivity index (χ2n) is 2.16. The highest BCUT2D eigenvalue weighted by atomic mass is 16.5. The highest BCUT2D eigenvalue weighted by Crippen LogP contribution is 2.09. The van der Waals surface area contributed by atoms with E-state index in [0.29, 0.717) is 12.4 Å². The quantitative estimate of drug-likeness (QED) is 0.691. The van der Waals surface area contributed by atoms with Gasteiger partial charge in [0.05, 0.1) is 6.26 Å². The molecule has 2 rings (SSSR count). The van der Waals surface area contributed by atoms with Crippen molar-refractivity contribution in [1.29, 1.82) is 0 Å². The molecule has 12 heavy (non-hydrogen) atoms. The Bertz CT molecular complexity index is 278. The summed E-state index contributed by atoms with van der Waals surface area (Å²) in [4.78, 5) is 0. The lowest BCUT2D eigenvalue weighted by atomic mass is 10.5. The summed E-state index contributed by atoms with van der Waals surface area (Å²) in [5.41, 5.74) is 0. The molecule has 0 unspecified atom stereocenters. The third kappa shape index (κ3) is 1.47. The molecule has 1 radical (unpaired) electrons. The van der Waals surface area contributed by atoms with Crippen molar-refractivity contribution in [2.75, 3.05) is 0 Å². The minimum absolute atomic E-state index is 0.366. The molecule has 0 N–H and O–H groups in total. The van der Waals surface area contributed by atoms with Crippen molar-refractivity contribution in [3.63, 3.8) is 0 Å². The van der Waals surface area contributed by atoms with Crippen LogP contribution >= 0.6 is 0 Å². The molecule has 0 aliphatic heterocycles. The first-order valence-corrected chi connectivity index (χ1v) is 3.42. The Morgan fingerprint density at radius 1 is 1.58 bits per heavy atom. The Morgan fingerprint density at radius 3 is 3.25 bits per heavy atom. The fourth-order valence-electron chi connectivity index (χ4n) is 0.782. The van der Waals surface area contributed by atoms with Crippen LogP contribution in [-0.2, 0) is 6.61 Å². The van der Waals surface area contributed by atoms with Gasteiger partial charge in [-0.25, -0.2) is 0 Å². The van der Waals surface area contributed by atoms with Crippen molar-refractivity contribution in [2.45, 2.75) is 6.61 Å². The van der Waals surface area contributed by atoms with Crippen molar-refractivity contribution >= 4 is 0 Å².